The van der Waals surface area contributed by atoms with Gasteiger partial charge in [-0.15, -0.1) is 0 Å². The minimum absolute atomic E-state index is 0.00524. The molecule has 0 spiro atoms. The third kappa shape index (κ3) is 2.63. The van der Waals surface area contributed by atoms with E-state index < -0.39 is 11.0 Å². The van der Waals surface area contributed by atoms with Gasteiger partial charge in [0.2, 0.25) is 0 Å². The van der Waals surface area contributed by atoms with Crippen LogP contribution in [0.2, 0.25) is 0 Å². The molecule has 0 saturated heterocycles. The molecular weight excluding hydrogens is 186 g/mol. The molecule has 1 N–H and O–H groups in total. The van der Waals surface area contributed by atoms with Crippen molar-refractivity contribution in [3.8, 4) is 0 Å². The number of aliphatic hydroxyl groups is 1. The Morgan fingerprint density at radius 2 is 2.00 bits per heavy atom. The van der Waals surface area contributed by atoms with Gasteiger partial charge in [0.1, 0.15) is 12.4 Å². The van der Waals surface area contributed by atoms with Gasteiger partial charge in [0.25, 0.3) is 5.69 Å². The van der Waals surface area contributed by atoms with Crippen molar-refractivity contribution in [2.45, 2.75) is 12.5 Å². The van der Waals surface area contributed by atoms with Crippen LogP contribution in [0.1, 0.15) is 5.56 Å². The van der Waals surface area contributed by atoms with Crippen molar-refractivity contribution in [1.82, 2.24) is 0 Å². The van der Waals surface area contributed by atoms with E-state index in [1.165, 1.54) is 24.3 Å². The summed E-state index contributed by atoms with van der Waals surface area (Å²) in [6.07, 6.45) is -0.431. The quantitative estimate of drug-likeness (QED) is 0.435. The van der Waals surface area contributed by atoms with Crippen LogP contribution in [-0.2, 0) is 11.2 Å². The van der Waals surface area contributed by atoms with Crippen LogP contribution in [0.4, 0.5) is 5.69 Å². The first-order valence-electron chi connectivity index (χ1n) is 4.00. The van der Waals surface area contributed by atoms with E-state index in [1.807, 2.05) is 0 Å². The van der Waals surface area contributed by atoms with Gasteiger partial charge in [-0.1, -0.05) is 12.1 Å². The first kappa shape index (κ1) is 10.3. The number of nitro benzene ring substituents is 1. The molecule has 1 unspecified atom stereocenters. The van der Waals surface area contributed by atoms with Crippen LogP contribution in [0.15, 0.2) is 24.3 Å². The molecule has 0 aliphatic heterocycles. The van der Waals surface area contributed by atoms with Crippen molar-refractivity contribution in [3.05, 3.63) is 39.9 Å². The number of aliphatic hydroxyl groups excluding tert-OH is 1. The largest absolute Gasteiger partial charge is 0.385 e. The van der Waals surface area contributed by atoms with E-state index in [-0.39, 0.29) is 12.1 Å². The molecule has 0 heterocycles. The lowest BCUT2D eigenvalue weighted by Gasteiger charge is -2.01. The summed E-state index contributed by atoms with van der Waals surface area (Å²) in [6.45, 7) is 0. The van der Waals surface area contributed by atoms with Crippen LogP contribution in [0, 0.1) is 10.1 Å². The fourth-order valence-corrected chi connectivity index (χ4v) is 1.04. The number of rotatable bonds is 4. The molecule has 5 heteroatoms. The molecule has 14 heavy (non-hydrogen) atoms. The summed E-state index contributed by atoms with van der Waals surface area (Å²) < 4.78 is 0. The molecule has 0 aromatic heterocycles. The number of nitrogens with zero attached hydrogens (tertiary/aromatic N) is 1. The van der Waals surface area contributed by atoms with Gasteiger partial charge < -0.3 is 9.90 Å². The van der Waals surface area contributed by atoms with E-state index >= 15 is 0 Å². The first-order chi connectivity index (χ1) is 6.63. The predicted octanol–water partition coefficient (Wildman–Crippen LogP) is 0.697. The molecule has 0 bridgehead atoms. The van der Waals surface area contributed by atoms with Gasteiger partial charge in [0, 0.05) is 18.6 Å². The SMILES string of the molecule is O=CC(O)Cc1ccc([N+](=O)[O-])cc1. The lowest BCUT2D eigenvalue weighted by Crippen LogP contribution is -2.11. The number of hydrogen-bond acceptors (Lipinski definition) is 4. The molecule has 0 saturated carbocycles. The predicted molar refractivity (Wildman–Crippen MR) is 48.9 cm³/mol. The van der Waals surface area contributed by atoms with Crippen LogP contribution >= 0.6 is 0 Å². The van der Waals surface area contributed by atoms with Crippen molar-refractivity contribution in [2.75, 3.05) is 0 Å². The highest BCUT2D eigenvalue weighted by atomic mass is 16.6. The number of hydrogen-bond donors (Lipinski definition) is 1. The second kappa shape index (κ2) is 4.48. The summed E-state index contributed by atoms with van der Waals surface area (Å²) in [7, 11) is 0. The molecule has 0 fully saturated rings. The van der Waals surface area contributed by atoms with Crippen molar-refractivity contribution in [2.24, 2.45) is 0 Å². The average Bonchev–Trinajstić information content (AvgIpc) is 2.18. The lowest BCUT2D eigenvalue weighted by molar-refractivity contribution is -0.384. The maximum Gasteiger partial charge on any atom is 0.269 e. The fourth-order valence-electron chi connectivity index (χ4n) is 1.04. The standard InChI is InChI=1S/C9H9NO4/c11-6-9(12)5-7-1-3-8(4-2-7)10(13)14/h1-4,6,9,12H,5H2. The number of non-ortho nitro benzene ring substituents is 1. The number of nitro groups is 1. The van der Waals surface area contributed by atoms with E-state index in [0.29, 0.717) is 11.8 Å². The number of carbonyl (C=O) groups excluding carboxylic acids is 1. The molecule has 0 aliphatic rings. The summed E-state index contributed by atoms with van der Waals surface area (Å²) >= 11 is 0. The molecule has 1 rings (SSSR count). The van der Waals surface area contributed by atoms with Crippen LogP contribution in [0.3, 0.4) is 0 Å². The number of carbonyl (C=O) groups is 1. The molecule has 74 valence electrons. The molecule has 1 aromatic rings. The lowest BCUT2D eigenvalue weighted by atomic mass is 10.1. The van der Waals surface area contributed by atoms with Crippen molar-refractivity contribution >= 4 is 12.0 Å². The Hall–Kier alpha value is -1.75. The topological polar surface area (TPSA) is 80.4 Å². The Morgan fingerprint density at radius 1 is 1.43 bits per heavy atom. The highest BCUT2D eigenvalue weighted by Gasteiger charge is 2.06. The summed E-state index contributed by atoms with van der Waals surface area (Å²) in [6, 6.07) is 5.72. The van der Waals surface area contributed by atoms with E-state index in [2.05, 4.69) is 0 Å². The Bertz CT molecular complexity index is 333. The fraction of sp³-hybridized carbons (Fsp3) is 0.222. The van der Waals surface area contributed by atoms with E-state index in [1.54, 1.807) is 0 Å². The maximum absolute atomic E-state index is 10.3. The number of aldehydes is 1. The van der Waals surface area contributed by atoms with Crippen molar-refractivity contribution < 1.29 is 14.8 Å². The van der Waals surface area contributed by atoms with Gasteiger partial charge in [0.05, 0.1) is 4.92 Å². The molecule has 1 atom stereocenters. The summed E-state index contributed by atoms with van der Waals surface area (Å²) in [5, 5.41) is 19.3. The second-order valence-electron chi connectivity index (χ2n) is 2.83. The summed E-state index contributed by atoms with van der Waals surface area (Å²) in [4.78, 5) is 19.9. The minimum atomic E-state index is -1.04. The zero-order chi connectivity index (χ0) is 10.6. The molecular formula is C9H9NO4. The monoisotopic (exact) mass is 195 g/mol. The zero-order valence-corrected chi connectivity index (χ0v) is 7.29. The van der Waals surface area contributed by atoms with Crippen molar-refractivity contribution in [1.29, 1.82) is 0 Å². The Morgan fingerprint density at radius 3 is 2.43 bits per heavy atom. The minimum Gasteiger partial charge on any atom is -0.385 e. The first-order valence-corrected chi connectivity index (χ1v) is 4.00. The van der Waals surface area contributed by atoms with Gasteiger partial charge in [0.15, 0.2) is 0 Å². The number of benzene rings is 1. The molecule has 0 aliphatic carbocycles. The van der Waals surface area contributed by atoms with Gasteiger partial charge in [-0.05, 0) is 5.56 Å². The molecule has 0 amide bonds. The van der Waals surface area contributed by atoms with Gasteiger partial charge in [-0.25, -0.2) is 0 Å². The normalized spacial score (nSPS) is 12.1. The Balaban J connectivity index is 2.73. The van der Waals surface area contributed by atoms with Crippen molar-refractivity contribution in [3.63, 3.8) is 0 Å². The van der Waals surface area contributed by atoms with Gasteiger partial charge in [-0.2, -0.15) is 0 Å². The molecule has 1 aromatic carbocycles. The van der Waals surface area contributed by atoms with Crippen LogP contribution in [0.5, 0.6) is 0 Å². The van der Waals surface area contributed by atoms with E-state index in [0.717, 1.165) is 0 Å². The van der Waals surface area contributed by atoms with E-state index in [4.69, 9.17) is 5.11 Å². The third-order valence-corrected chi connectivity index (χ3v) is 1.75. The van der Waals surface area contributed by atoms with Gasteiger partial charge >= 0.3 is 0 Å². The molecule has 0 radical (unpaired) electrons. The second-order valence-corrected chi connectivity index (χ2v) is 2.83. The average molecular weight is 195 g/mol. The third-order valence-electron chi connectivity index (χ3n) is 1.75. The van der Waals surface area contributed by atoms with Gasteiger partial charge in [-0.3, -0.25) is 10.1 Å². The van der Waals surface area contributed by atoms with Crippen LogP contribution in [0.25, 0.3) is 0 Å². The van der Waals surface area contributed by atoms with Crippen LogP contribution < -0.4 is 0 Å². The van der Waals surface area contributed by atoms with E-state index in [9.17, 15) is 14.9 Å². The zero-order valence-electron chi connectivity index (χ0n) is 7.29. The highest BCUT2D eigenvalue weighted by Crippen LogP contribution is 2.12. The smallest absolute Gasteiger partial charge is 0.269 e. The summed E-state index contributed by atoms with van der Waals surface area (Å²) in [5.41, 5.74) is 0.685. The Labute approximate surface area is 80.1 Å². The summed E-state index contributed by atoms with van der Waals surface area (Å²) in [5.74, 6) is 0. The highest BCUT2D eigenvalue weighted by molar-refractivity contribution is 5.56. The van der Waals surface area contributed by atoms with Crippen LogP contribution in [-0.4, -0.2) is 22.4 Å². The maximum atomic E-state index is 10.3. The Kier molecular flexibility index (Phi) is 3.30. The molecule has 5 nitrogen and oxygen atoms in total.